The van der Waals surface area contributed by atoms with Gasteiger partial charge in [-0.1, -0.05) is 43.3 Å². The van der Waals surface area contributed by atoms with Crippen molar-refractivity contribution in [3.05, 3.63) is 106 Å². The molecule has 0 atom stereocenters. The first-order valence-corrected chi connectivity index (χ1v) is 17.8. The highest BCUT2D eigenvalue weighted by atomic mass is 35.5. The summed E-state index contributed by atoms with van der Waals surface area (Å²) in [6, 6.07) is 13.2. The fourth-order valence-electron chi connectivity index (χ4n) is 5.68. The number of carboxylic acids is 1. The summed E-state index contributed by atoms with van der Waals surface area (Å²) < 4.78 is 53.3. The number of amides is 1. The van der Waals surface area contributed by atoms with E-state index in [9.17, 15) is 19.1 Å². The number of ether oxygens (including phenoxy) is 1. The number of nitrogens with zero attached hydrogens (tertiary/aromatic N) is 4. The van der Waals surface area contributed by atoms with E-state index in [0.29, 0.717) is 38.2 Å². The molecule has 0 aliphatic carbocycles. The topological polar surface area (TPSA) is 84.7 Å². The molecule has 1 amide bonds. The largest absolute Gasteiger partial charge is 0.495 e. The molecule has 8 nitrogen and oxygen atoms in total. The second-order valence-electron chi connectivity index (χ2n) is 14.5. The summed E-state index contributed by atoms with van der Waals surface area (Å²) in [6.45, 7) is 7.66. The molecule has 1 N–H and O–H groups in total. The molecular formula is C38H45ClF3N4O4S+. The molecule has 0 aliphatic heterocycles. The molecule has 0 fully saturated rings. The Morgan fingerprint density at radius 1 is 0.980 bits per heavy atom. The Labute approximate surface area is 306 Å². The number of benzene rings is 3. The molecule has 13 heteroatoms. The van der Waals surface area contributed by atoms with E-state index in [-0.39, 0.29) is 23.4 Å². The first-order valence-electron chi connectivity index (χ1n) is 16.4. The van der Waals surface area contributed by atoms with Gasteiger partial charge in [-0.2, -0.15) is 0 Å². The van der Waals surface area contributed by atoms with Crippen LogP contribution in [0, 0.1) is 17.5 Å². The van der Waals surface area contributed by atoms with Gasteiger partial charge in [0.05, 0.1) is 51.7 Å². The van der Waals surface area contributed by atoms with E-state index in [4.69, 9.17) is 16.3 Å². The molecule has 3 aromatic carbocycles. The van der Waals surface area contributed by atoms with Gasteiger partial charge in [0.15, 0.2) is 5.16 Å². The lowest BCUT2D eigenvalue weighted by Gasteiger charge is -2.35. The molecular weight excluding hydrogens is 701 g/mol. The van der Waals surface area contributed by atoms with Crippen LogP contribution in [0.3, 0.4) is 0 Å². The van der Waals surface area contributed by atoms with Crippen LogP contribution < -0.4 is 4.74 Å². The molecule has 1 aromatic heterocycles. The average Bonchev–Trinajstić information content (AvgIpc) is 3.48. The highest BCUT2D eigenvalue weighted by Gasteiger charge is 2.38. The molecule has 4 rings (SSSR count). The van der Waals surface area contributed by atoms with Crippen LogP contribution >= 0.6 is 23.4 Å². The van der Waals surface area contributed by atoms with Crippen molar-refractivity contribution in [3.8, 4) is 11.4 Å². The summed E-state index contributed by atoms with van der Waals surface area (Å²) in [5, 5.41) is 10.8. The van der Waals surface area contributed by atoms with Gasteiger partial charge in [0, 0.05) is 34.5 Å². The van der Waals surface area contributed by atoms with Crippen LogP contribution in [0.2, 0.25) is 5.02 Å². The first-order chi connectivity index (χ1) is 23.8. The zero-order valence-electron chi connectivity index (χ0n) is 30.2. The summed E-state index contributed by atoms with van der Waals surface area (Å²) in [7, 11) is 7.62. The van der Waals surface area contributed by atoms with Crippen molar-refractivity contribution < 1.29 is 37.1 Å². The molecule has 0 unspecified atom stereocenters. The molecule has 274 valence electrons. The molecule has 0 radical (unpaired) electrons. The Morgan fingerprint density at radius 3 is 2.18 bits per heavy atom. The molecule has 0 spiro atoms. The van der Waals surface area contributed by atoms with Crippen LogP contribution in [0.5, 0.6) is 5.75 Å². The van der Waals surface area contributed by atoms with Crippen molar-refractivity contribution >= 4 is 35.2 Å². The maximum Gasteiger partial charge on any atom is 0.329 e. The number of thioether (sulfide) groups is 1. The van der Waals surface area contributed by atoms with Crippen LogP contribution in [0.15, 0.2) is 66.0 Å². The standard InChI is InChI=1S/C38H44ClF3N4O4S/c1-37(2,25-11-16-29(39)32(21-25)50-8)33-22-43-36(45(33)27-14-12-26(40)13-15-27)51-23-28-30(41)19-24(20-31(28)42)34(47)44(38(3,4)35(48)49)17-9-10-18-46(5,6)7/h11-16,19-22H,9-10,17-18,23H2,1-8H3/p+1. The van der Waals surface area contributed by atoms with Crippen molar-refractivity contribution in [1.29, 1.82) is 0 Å². The van der Waals surface area contributed by atoms with Crippen molar-refractivity contribution in [1.82, 2.24) is 14.5 Å². The van der Waals surface area contributed by atoms with Gasteiger partial charge in [0.2, 0.25) is 0 Å². The van der Waals surface area contributed by atoms with Crippen molar-refractivity contribution in [2.45, 2.75) is 62.4 Å². The quantitative estimate of drug-likeness (QED) is 0.0749. The average molecular weight is 746 g/mol. The summed E-state index contributed by atoms with van der Waals surface area (Å²) in [5.41, 5.74) is -0.701. The lowest BCUT2D eigenvalue weighted by Crippen LogP contribution is -2.53. The van der Waals surface area contributed by atoms with Gasteiger partial charge in [-0.25, -0.2) is 22.9 Å². The van der Waals surface area contributed by atoms with Crippen LogP contribution in [0.4, 0.5) is 13.2 Å². The Bertz CT molecular complexity index is 1870. The molecule has 0 saturated carbocycles. The SMILES string of the molecule is COc1cc(C(C)(C)c2cnc(SCc3c(F)cc(C(=O)N(CCCC[N+](C)(C)C)C(C)(C)C(=O)O)cc3F)n2-c2ccc(F)cc2)ccc1Cl. The normalized spacial score (nSPS) is 12.2. The third kappa shape index (κ3) is 9.09. The summed E-state index contributed by atoms with van der Waals surface area (Å²) >= 11 is 7.36. The Hall–Kier alpha value is -4.00. The number of rotatable bonds is 15. The number of carbonyl (C=O) groups is 2. The predicted molar refractivity (Wildman–Crippen MR) is 194 cm³/mol. The minimum Gasteiger partial charge on any atom is -0.495 e. The third-order valence-electron chi connectivity index (χ3n) is 8.97. The lowest BCUT2D eigenvalue weighted by atomic mass is 9.81. The first kappa shape index (κ1) is 39.8. The number of hydrogen-bond donors (Lipinski definition) is 1. The number of quaternary nitrogens is 1. The zero-order valence-corrected chi connectivity index (χ0v) is 31.8. The van der Waals surface area contributed by atoms with E-state index < -0.39 is 40.3 Å². The smallest absolute Gasteiger partial charge is 0.329 e. The van der Waals surface area contributed by atoms with Crippen LogP contribution in [0.25, 0.3) is 5.69 Å². The summed E-state index contributed by atoms with van der Waals surface area (Å²) in [6.07, 6.45) is 2.91. The van der Waals surface area contributed by atoms with Gasteiger partial charge in [0.25, 0.3) is 5.91 Å². The summed E-state index contributed by atoms with van der Waals surface area (Å²) in [5.74, 6) is -4.02. The fraction of sp³-hybridized carbons (Fsp3) is 0.395. The second-order valence-corrected chi connectivity index (χ2v) is 15.8. The van der Waals surface area contributed by atoms with Crippen molar-refractivity contribution in [2.24, 2.45) is 0 Å². The van der Waals surface area contributed by atoms with Crippen molar-refractivity contribution in [2.75, 3.05) is 41.3 Å². The molecule has 51 heavy (non-hydrogen) atoms. The van der Waals surface area contributed by atoms with E-state index in [0.717, 1.165) is 47.3 Å². The van der Waals surface area contributed by atoms with Crippen molar-refractivity contribution in [3.63, 3.8) is 0 Å². The zero-order chi connectivity index (χ0) is 37.9. The van der Waals surface area contributed by atoms with Gasteiger partial charge in [-0.3, -0.25) is 9.36 Å². The number of unbranched alkanes of at least 4 members (excludes halogenated alkanes) is 1. The van der Waals surface area contributed by atoms with E-state index in [1.807, 2.05) is 51.7 Å². The van der Waals surface area contributed by atoms with Gasteiger partial charge in [-0.15, -0.1) is 0 Å². The second kappa shape index (κ2) is 15.7. The number of halogens is 4. The maximum absolute atomic E-state index is 15.7. The maximum atomic E-state index is 15.7. The highest BCUT2D eigenvalue weighted by Crippen LogP contribution is 2.39. The number of aromatic nitrogens is 2. The number of carbonyl (C=O) groups excluding carboxylic acids is 1. The monoisotopic (exact) mass is 745 g/mol. The fourth-order valence-corrected chi connectivity index (χ4v) is 6.88. The molecule has 1 heterocycles. The minimum absolute atomic E-state index is 0.104. The van der Waals surface area contributed by atoms with Crippen LogP contribution in [-0.2, 0) is 16.0 Å². The molecule has 4 aromatic rings. The number of methoxy groups -OCH3 is 1. The number of carboxylic acid groups (broad SMARTS) is 1. The number of hydrogen-bond acceptors (Lipinski definition) is 5. The lowest BCUT2D eigenvalue weighted by molar-refractivity contribution is -0.870. The summed E-state index contributed by atoms with van der Waals surface area (Å²) in [4.78, 5) is 31.6. The van der Waals surface area contributed by atoms with E-state index in [1.54, 1.807) is 24.4 Å². The third-order valence-corrected chi connectivity index (χ3v) is 10.3. The molecule has 0 bridgehead atoms. The number of aliphatic carboxylic acids is 1. The van der Waals surface area contributed by atoms with Gasteiger partial charge < -0.3 is 19.2 Å². The Morgan fingerprint density at radius 2 is 1.61 bits per heavy atom. The Balaban J connectivity index is 1.66. The highest BCUT2D eigenvalue weighted by molar-refractivity contribution is 7.98. The van der Waals surface area contributed by atoms with E-state index in [2.05, 4.69) is 4.98 Å². The Kier molecular flexibility index (Phi) is 12.3. The minimum atomic E-state index is -1.62. The van der Waals surface area contributed by atoms with Crippen LogP contribution in [-0.4, -0.2) is 82.8 Å². The molecule has 0 aliphatic rings. The van der Waals surface area contributed by atoms with Gasteiger partial charge in [0.1, 0.15) is 28.7 Å². The number of imidazole rings is 1. The van der Waals surface area contributed by atoms with E-state index in [1.165, 1.54) is 33.1 Å². The van der Waals surface area contributed by atoms with E-state index >= 15 is 8.78 Å². The molecule has 0 saturated heterocycles. The van der Waals surface area contributed by atoms with Gasteiger partial charge >= 0.3 is 5.97 Å². The van der Waals surface area contributed by atoms with Crippen LogP contribution in [0.1, 0.15) is 67.7 Å². The predicted octanol–water partition coefficient (Wildman–Crippen LogP) is 8.36. The van der Waals surface area contributed by atoms with Gasteiger partial charge in [-0.05, 0) is 80.8 Å².